The van der Waals surface area contributed by atoms with Gasteiger partial charge in [-0.3, -0.25) is 4.79 Å². The number of imidazole rings is 1. The van der Waals surface area contributed by atoms with E-state index in [-0.39, 0.29) is 5.52 Å². The second kappa shape index (κ2) is 5.05. The molecule has 4 nitrogen and oxygen atoms in total. The molecule has 0 fully saturated rings. The topological polar surface area (TPSA) is 50.7 Å². The Morgan fingerprint density at radius 2 is 1.95 bits per heavy atom. The molecule has 3 rings (SSSR count). The van der Waals surface area contributed by atoms with Crippen molar-refractivity contribution in [3.05, 3.63) is 63.0 Å². The Hall–Kier alpha value is -2.50. The maximum absolute atomic E-state index is 13.9. The van der Waals surface area contributed by atoms with Crippen molar-refractivity contribution in [1.82, 2.24) is 14.5 Å². The van der Waals surface area contributed by atoms with E-state index in [0.29, 0.717) is 17.5 Å². The van der Waals surface area contributed by atoms with Gasteiger partial charge >= 0.3 is 0 Å². The van der Waals surface area contributed by atoms with E-state index in [1.54, 1.807) is 0 Å². The molecule has 0 aliphatic heterocycles. The molecule has 0 unspecified atom stereocenters. The van der Waals surface area contributed by atoms with Gasteiger partial charge in [0.05, 0.1) is 11.2 Å². The largest absolute Gasteiger partial charge is 0.328 e. The predicted molar refractivity (Wildman–Crippen MR) is 80.0 cm³/mol. The molecule has 0 bridgehead atoms. The zero-order valence-corrected chi connectivity index (χ0v) is 12.5. The Bertz CT molecular complexity index is 941. The first-order valence-corrected chi connectivity index (χ1v) is 6.88. The normalized spacial score (nSPS) is 11.3. The number of pyridine rings is 1. The van der Waals surface area contributed by atoms with Crippen LogP contribution in [-0.2, 0) is 6.54 Å². The number of hydrogen-bond acceptors (Lipinski definition) is 2. The summed E-state index contributed by atoms with van der Waals surface area (Å²) in [7, 11) is 0. The summed E-state index contributed by atoms with van der Waals surface area (Å²) in [4.78, 5) is 18.5. The highest BCUT2D eigenvalue weighted by Crippen LogP contribution is 2.22. The van der Waals surface area contributed by atoms with E-state index in [9.17, 15) is 13.6 Å². The van der Waals surface area contributed by atoms with Crippen molar-refractivity contribution < 1.29 is 8.78 Å². The summed E-state index contributed by atoms with van der Waals surface area (Å²) < 4.78 is 29.2. The molecule has 0 atom stereocenters. The molecule has 0 aliphatic rings. The fourth-order valence-corrected chi connectivity index (χ4v) is 2.69. The minimum Gasteiger partial charge on any atom is -0.328 e. The first-order valence-electron chi connectivity index (χ1n) is 6.88. The third kappa shape index (κ3) is 2.20. The van der Waals surface area contributed by atoms with E-state index >= 15 is 0 Å². The standard InChI is InChI=1S/C16H15F2N3O/c1-8-9(2)21(10(3)19-8)7-11-6-14(22)20-16-12(11)4-5-13(17)15(16)18/h4-6H,7H2,1-3H3,(H,20,22). The van der Waals surface area contributed by atoms with Crippen LogP contribution in [0.15, 0.2) is 23.0 Å². The maximum Gasteiger partial charge on any atom is 0.248 e. The van der Waals surface area contributed by atoms with Crippen LogP contribution in [-0.4, -0.2) is 14.5 Å². The van der Waals surface area contributed by atoms with Crippen LogP contribution in [0.4, 0.5) is 8.78 Å². The molecule has 0 radical (unpaired) electrons. The number of hydrogen-bond donors (Lipinski definition) is 1. The van der Waals surface area contributed by atoms with Gasteiger partial charge in [-0.05, 0) is 38.5 Å². The smallest absolute Gasteiger partial charge is 0.248 e. The average Bonchev–Trinajstić information content (AvgIpc) is 2.70. The number of halogens is 2. The van der Waals surface area contributed by atoms with Crippen LogP contribution >= 0.6 is 0 Å². The summed E-state index contributed by atoms with van der Waals surface area (Å²) in [5, 5.41) is 0.489. The fraction of sp³-hybridized carbons (Fsp3) is 0.250. The van der Waals surface area contributed by atoms with E-state index in [0.717, 1.165) is 23.3 Å². The Kier molecular flexibility index (Phi) is 3.31. The Morgan fingerprint density at radius 3 is 2.59 bits per heavy atom. The van der Waals surface area contributed by atoms with Gasteiger partial charge < -0.3 is 9.55 Å². The molecular weight excluding hydrogens is 288 g/mol. The van der Waals surface area contributed by atoms with E-state index in [4.69, 9.17) is 0 Å². The molecule has 0 amide bonds. The van der Waals surface area contributed by atoms with Crippen LogP contribution < -0.4 is 5.56 Å². The number of aryl methyl sites for hydroxylation is 2. The van der Waals surface area contributed by atoms with Crippen molar-refractivity contribution in [3.63, 3.8) is 0 Å². The second-order valence-electron chi connectivity index (χ2n) is 5.36. The third-order valence-corrected chi connectivity index (χ3v) is 3.97. The van der Waals surface area contributed by atoms with Gasteiger partial charge in [-0.15, -0.1) is 0 Å². The fourth-order valence-electron chi connectivity index (χ4n) is 2.69. The molecule has 3 aromatic rings. The molecule has 0 aliphatic carbocycles. The SMILES string of the molecule is Cc1nc(C)n(Cc2cc(=O)[nH]c3c(F)c(F)ccc23)c1C. The lowest BCUT2D eigenvalue weighted by molar-refractivity contribution is 0.515. The summed E-state index contributed by atoms with van der Waals surface area (Å²) in [5.74, 6) is -1.20. The molecule has 0 saturated carbocycles. The van der Waals surface area contributed by atoms with Gasteiger partial charge in [-0.1, -0.05) is 0 Å². The van der Waals surface area contributed by atoms with E-state index < -0.39 is 17.2 Å². The molecular formula is C16H15F2N3O. The molecule has 6 heteroatoms. The van der Waals surface area contributed by atoms with Crippen LogP contribution in [0.1, 0.15) is 22.8 Å². The number of aromatic nitrogens is 3. The van der Waals surface area contributed by atoms with Crippen LogP contribution in [0.5, 0.6) is 0 Å². The summed E-state index contributed by atoms with van der Waals surface area (Å²) in [6, 6.07) is 3.96. The molecule has 2 aromatic heterocycles. The van der Waals surface area contributed by atoms with Crippen molar-refractivity contribution in [2.24, 2.45) is 0 Å². The van der Waals surface area contributed by atoms with Crippen LogP contribution in [0.3, 0.4) is 0 Å². The lowest BCUT2D eigenvalue weighted by Crippen LogP contribution is -2.12. The third-order valence-electron chi connectivity index (χ3n) is 3.97. The van der Waals surface area contributed by atoms with Gasteiger partial charge in [0.1, 0.15) is 5.82 Å². The van der Waals surface area contributed by atoms with Gasteiger partial charge in [0.15, 0.2) is 11.6 Å². The lowest BCUT2D eigenvalue weighted by atomic mass is 10.1. The summed E-state index contributed by atoms with van der Waals surface area (Å²) in [5.41, 5.74) is 1.95. The first-order chi connectivity index (χ1) is 10.4. The van der Waals surface area contributed by atoms with Gasteiger partial charge in [0, 0.05) is 23.7 Å². The quantitative estimate of drug-likeness (QED) is 0.791. The van der Waals surface area contributed by atoms with Crippen LogP contribution in [0.25, 0.3) is 10.9 Å². The van der Waals surface area contributed by atoms with Crippen molar-refractivity contribution in [3.8, 4) is 0 Å². The number of aromatic amines is 1. The Labute approximate surface area is 125 Å². The Morgan fingerprint density at radius 1 is 1.23 bits per heavy atom. The van der Waals surface area contributed by atoms with E-state index in [2.05, 4.69) is 9.97 Å². The van der Waals surface area contributed by atoms with Crippen molar-refractivity contribution >= 4 is 10.9 Å². The van der Waals surface area contributed by atoms with Gasteiger partial charge in [-0.2, -0.15) is 0 Å². The number of H-pyrrole nitrogens is 1. The highest BCUT2D eigenvalue weighted by Gasteiger charge is 2.14. The molecule has 0 saturated heterocycles. The van der Waals surface area contributed by atoms with Crippen molar-refractivity contribution in [2.45, 2.75) is 27.3 Å². The number of fused-ring (bicyclic) bond motifs is 1. The molecule has 0 spiro atoms. The second-order valence-corrected chi connectivity index (χ2v) is 5.36. The van der Waals surface area contributed by atoms with Crippen molar-refractivity contribution in [1.29, 1.82) is 0 Å². The first kappa shape index (κ1) is 14.4. The summed E-state index contributed by atoms with van der Waals surface area (Å²) >= 11 is 0. The minimum atomic E-state index is -1.04. The number of nitrogens with one attached hydrogen (secondary N) is 1. The number of nitrogens with zero attached hydrogens (tertiary/aromatic N) is 2. The minimum absolute atomic E-state index is 0.102. The van der Waals surface area contributed by atoms with Crippen LogP contribution in [0.2, 0.25) is 0 Å². The highest BCUT2D eigenvalue weighted by molar-refractivity contribution is 5.82. The number of rotatable bonds is 2. The molecule has 1 aromatic carbocycles. The lowest BCUT2D eigenvalue weighted by Gasteiger charge is -2.11. The maximum atomic E-state index is 13.9. The molecule has 22 heavy (non-hydrogen) atoms. The predicted octanol–water partition coefficient (Wildman–Crippen LogP) is 2.98. The molecule has 114 valence electrons. The monoisotopic (exact) mass is 303 g/mol. The average molecular weight is 303 g/mol. The Balaban J connectivity index is 2.23. The summed E-state index contributed by atoms with van der Waals surface area (Å²) in [6.07, 6.45) is 0. The molecule has 1 N–H and O–H groups in total. The molecule has 2 heterocycles. The van der Waals surface area contributed by atoms with Gasteiger partial charge in [-0.25, -0.2) is 13.8 Å². The van der Waals surface area contributed by atoms with E-state index in [1.165, 1.54) is 12.1 Å². The summed E-state index contributed by atoms with van der Waals surface area (Å²) in [6.45, 7) is 6.09. The zero-order chi connectivity index (χ0) is 16.0. The van der Waals surface area contributed by atoms with Gasteiger partial charge in [0.2, 0.25) is 5.56 Å². The van der Waals surface area contributed by atoms with Crippen LogP contribution in [0, 0.1) is 32.4 Å². The zero-order valence-electron chi connectivity index (χ0n) is 12.5. The van der Waals surface area contributed by atoms with E-state index in [1.807, 2.05) is 25.3 Å². The number of benzene rings is 1. The highest BCUT2D eigenvalue weighted by atomic mass is 19.2. The van der Waals surface area contributed by atoms with Gasteiger partial charge in [0.25, 0.3) is 0 Å². The van der Waals surface area contributed by atoms with Crippen molar-refractivity contribution in [2.75, 3.05) is 0 Å².